The monoisotopic (exact) mass is 248 g/mol. The highest BCUT2D eigenvalue weighted by Gasteiger charge is 2.34. The molecule has 0 aliphatic carbocycles. The van der Waals surface area contributed by atoms with Crippen LogP contribution < -0.4 is 0 Å². The minimum Gasteiger partial charge on any atom is -0.434 e. The van der Waals surface area contributed by atoms with E-state index in [0.29, 0.717) is 15.8 Å². The fourth-order valence-electron chi connectivity index (χ4n) is 1.02. The molecule has 1 N–H and O–H groups in total. The van der Waals surface area contributed by atoms with Gasteiger partial charge in [-0.3, -0.25) is 0 Å². The van der Waals surface area contributed by atoms with Crippen molar-refractivity contribution in [3.8, 4) is 0 Å². The topological polar surface area (TPSA) is 55.8 Å². The van der Waals surface area contributed by atoms with Crippen LogP contribution in [0.15, 0.2) is 12.2 Å². The summed E-state index contributed by atoms with van der Waals surface area (Å²) in [4.78, 5) is 11.3. The molecule has 15 heavy (non-hydrogen) atoms. The Morgan fingerprint density at radius 3 is 2.27 bits per heavy atom. The number of ether oxygens (including phenoxy) is 1. The number of esters is 1. The van der Waals surface area contributed by atoms with Crippen molar-refractivity contribution in [3.63, 3.8) is 0 Å². The maximum absolute atomic E-state index is 11.3. The lowest BCUT2D eigenvalue weighted by Crippen LogP contribution is -2.49. The van der Waals surface area contributed by atoms with Crippen LogP contribution in [0.25, 0.3) is 0 Å². The smallest absolute Gasteiger partial charge is 0.335 e. The Bertz CT molecular complexity index is 259. The Morgan fingerprint density at radius 2 is 2.00 bits per heavy atom. The molecule has 88 valence electrons. The molecule has 0 aromatic carbocycles. The molecule has 4 nitrogen and oxygen atoms in total. The molecule has 0 saturated heterocycles. The number of rotatable bonds is 5. The molecule has 1 atom stereocenters. The van der Waals surface area contributed by atoms with Gasteiger partial charge in [-0.15, -0.1) is 0 Å². The van der Waals surface area contributed by atoms with Gasteiger partial charge in [0.1, 0.15) is 6.61 Å². The SMILES string of the molecule is C=C(C)C(=O)OC([SiH3])(CO)O[Si](C)(C)C. The second kappa shape index (κ2) is 5.06. The summed E-state index contributed by atoms with van der Waals surface area (Å²) in [5, 5.41) is 9.20. The van der Waals surface area contributed by atoms with Gasteiger partial charge in [0.25, 0.3) is 0 Å². The molecule has 0 aliphatic heterocycles. The number of carbonyl (C=O) groups is 1. The summed E-state index contributed by atoms with van der Waals surface area (Å²) in [5.41, 5.74) is -0.816. The minimum atomic E-state index is -1.85. The van der Waals surface area contributed by atoms with E-state index in [4.69, 9.17) is 9.16 Å². The molecule has 0 aromatic rings. The second-order valence-electron chi connectivity index (χ2n) is 4.68. The molecule has 0 saturated carbocycles. The first kappa shape index (κ1) is 14.6. The van der Waals surface area contributed by atoms with Gasteiger partial charge >= 0.3 is 5.97 Å². The van der Waals surface area contributed by atoms with E-state index < -0.39 is 19.7 Å². The number of aliphatic hydroxyl groups is 1. The highest BCUT2D eigenvalue weighted by atomic mass is 28.4. The van der Waals surface area contributed by atoms with E-state index in [-0.39, 0.29) is 6.61 Å². The zero-order valence-corrected chi connectivity index (χ0v) is 13.1. The average Bonchev–Trinajstić information content (AvgIpc) is 2.00. The van der Waals surface area contributed by atoms with Crippen LogP contribution in [0.1, 0.15) is 6.92 Å². The molecule has 0 radical (unpaired) electrons. The quantitative estimate of drug-likeness (QED) is 0.321. The number of hydrogen-bond donors (Lipinski definition) is 1. The molecule has 0 aliphatic rings. The molecule has 0 amide bonds. The van der Waals surface area contributed by atoms with E-state index in [1.807, 2.05) is 19.6 Å². The molecule has 0 heterocycles. The van der Waals surface area contributed by atoms with Gasteiger partial charge in [0.2, 0.25) is 0 Å². The highest BCUT2D eigenvalue weighted by molar-refractivity contribution is 6.70. The standard InChI is InChI=1S/C9H20O4Si2/c1-7(2)8(11)12-9(14,6-10)13-15(3,4)5/h10H,1,6H2,2-5,14H3. The third kappa shape index (κ3) is 5.88. The van der Waals surface area contributed by atoms with Crippen molar-refractivity contribution < 1.29 is 19.1 Å². The molecule has 1 unspecified atom stereocenters. The summed E-state index contributed by atoms with van der Waals surface area (Å²) in [5.74, 6) is -0.516. The lowest BCUT2D eigenvalue weighted by molar-refractivity contribution is -0.178. The Morgan fingerprint density at radius 1 is 1.53 bits per heavy atom. The summed E-state index contributed by atoms with van der Waals surface area (Å²) in [6.45, 7) is 10.7. The van der Waals surface area contributed by atoms with Gasteiger partial charge < -0.3 is 14.3 Å². The summed E-state index contributed by atoms with van der Waals surface area (Å²) >= 11 is 0. The third-order valence-electron chi connectivity index (χ3n) is 1.47. The molecular weight excluding hydrogens is 228 g/mol. The predicted octanol–water partition coefficient (Wildman–Crippen LogP) is -0.0313. The maximum atomic E-state index is 11.3. The van der Waals surface area contributed by atoms with Crippen molar-refractivity contribution in [2.45, 2.75) is 32.0 Å². The molecule has 0 spiro atoms. The first-order valence-corrected chi connectivity index (χ1v) is 9.20. The first-order valence-electron chi connectivity index (χ1n) is 4.79. The van der Waals surface area contributed by atoms with Gasteiger partial charge in [0, 0.05) is 5.57 Å². The van der Waals surface area contributed by atoms with Crippen LogP contribution in [-0.2, 0) is 14.0 Å². The van der Waals surface area contributed by atoms with Crippen molar-refractivity contribution in [1.82, 2.24) is 0 Å². The molecule has 0 rings (SSSR count). The van der Waals surface area contributed by atoms with E-state index in [1.165, 1.54) is 0 Å². The van der Waals surface area contributed by atoms with Gasteiger partial charge in [-0.2, -0.15) is 0 Å². The Labute approximate surface area is 94.8 Å². The maximum Gasteiger partial charge on any atom is 0.335 e. The summed E-state index contributed by atoms with van der Waals surface area (Å²) in [6, 6.07) is 0. The van der Waals surface area contributed by atoms with Crippen molar-refractivity contribution in [2.24, 2.45) is 0 Å². The van der Waals surface area contributed by atoms with Crippen molar-refractivity contribution in [2.75, 3.05) is 6.61 Å². The number of aliphatic hydroxyl groups excluding tert-OH is 1. The van der Waals surface area contributed by atoms with Crippen LogP contribution in [0, 0.1) is 0 Å². The van der Waals surface area contributed by atoms with Crippen molar-refractivity contribution >= 4 is 24.5 Å². The Hall–Kier alpha value is -0.436. The lowest BCUT2D eigenvalue weighted by atomic mass is 10.4. The van der Waals surface area contributed by atoms with Crippen LogP contribution in [-0.4, -0.2) is 41.7 Å². The Balaban J connectivity index is 4.58. The molecular formula is C9H20O4Si2. The van der Waals surface area contributed by atoms with Crippen LogP contribution in [0.5, 0.6) is 0 Å². The fraction of sp³-hybridized carbons (Fsp3) is 0.667. The van der Waals surface area contributed by atoms with Crippen molar-refractivity contribution in [3.05, 3.63) is 12.2 Å². The first-order chi connectivity index (χ1) is 6.59. The number of hydrogen-bond acceptors (Lipinski definition) is 4. The van der Waals surface area contributed by atoms with E-state index in [1.54, 1.807) is 6.92 Å². The zero-order chi connectivity index (χ0) is 12.3. The normalized spacial score (nSPS) is 15.8. The fourth-order valence-corrected chi connectivity index (χ4v) is 4.44. The van der Waals surface area contributed by atoms with E-state index in [9.17, 15) is 9.90 Å². The Kier molecular flexibility index (Phi) is 4.92. The van der Waals surface area contributed by atoms with Gasteiger partial charge in [0.15, 0.2) is 13.7 Å². The predicted molar refractivity (Wildman–Crippen MR) is 65.1 cm³/mol. The van der Waals surface area contributed by atoms with Crippen LogP contribution >= 0.6 is 0 Å². The van der Waals surface area contributed by atoms with Crippen molar-refractivity contribution in [1.29, 1.82) is 0 Å². The lowest BCUT2D eigenvalue weighted by Gasteiger charge is -2.34. The molecule has 0 bridgehead atoms. The largest absolute Gasteiger partial charge is 0.434 e. The summed E-state index contributed by atoms with van der Waals surface area (Å²) < 4.78 is 10.8. The molecule has 0 aromatic heterocycles. The molecule has 0 fully saturated rings. The van der Waals surface area contributed by atoms with E-state index in [0.717, 1.165) is 0 Å². The van der Waals surface area contributed by atoms with Gasteiger partial charge in [-0.25, -0.2) is 4.79 Å². The average molecular weight is 248 g/mol. The van der Waals surface area contributed by atoms with Gasteiger partial charge in [0.05, 0.1) is 10.2 Å². The summed E-state index contributed by atoms with van der Waals surface area (Å²) in [7, 11) is -1.43. The minimum absolute atomic E-state index is 0.303. The highest BCUT2D eigenvalue weighted by Crippen LogP contribution is 2.17. The zero-order valence-electron chi connectivity index (χ0n) is 10.1. The molecule has 6 heteroatoms. The second-order valence-corrected chi connectivity index (χ2v) is 10.6. The van der Waals surface area contributed by atoms with Crippen LogP contribution in [0.2, 0.25) is 19.6 Å². The van der Waals surface area contributed by atoms with Gasteiger partial charge in [-0.05, 0) is 26.6 Å². The van der Waals surface area contributed by atoms with E-state index >= 15 is 0 Å². The summed E-state index contributed by atoms with van der Waals surface area (Å²) in [6.07, 6.45) is 0. The van der Waals surface area contributed by atoms with E-state index in [2.05, 4.69) is 6.58 Å². The van der Waals surface area contributed by atoms with Crippen LogP contribution in [0.3, 0.4) is 0 Å². The van der Waals surface area contributed by atoms with Gasteiger partial charge in [-0.1, -0.05) is 6.58 Å². The third-order valence-corrected chi connectivity index (χ3v) is 3.64. The van der Waals surface area contributed by atoms with Crippen LogP contribution in [0.4, 0.5) is 0 Å². The number of carbonyl (C=O) groups excluding carboxylic acids is 1.